The summed E-state index contributed by atoms with van der Waals surface area (Å²) in [6, 6.07) is 6.02. The minimum atomic E-state index is -3.64. The molecule has 0 aromatic heterocycles. The Labute approximate surface area is 147 Å². The van der Waals surface area contributed by atoms with E-state index in [1.54, 1.807) is 12.1 Å². The lowest BCUT2D eigenvalue weighted by atomic mass is 10.2. The molecule has 0 radical (unpaired) electrons. The van der Waals surface area contributed by atoms with Gasteiger partial charge in [-0.1, -0.05) is 6.07 Å². The molecule has 1 saturated carbocycles. The molecule has 0 spiro atoms. The Morgan fingerprint density at radius 2 is 1.96 bits per heavy atom. The van der Waals surface area contributed by atoms with Crippen LogP contribution >= 0.6 is 0 Å². The number of carbonyl (C=O) groups excluding carboxylic acids is 2. The Hall–Kier alpha value is -1.97. The first-order chi connectivity index (χ1) is 11.9. The van der Waals surface area contributed by atoms with Crippen LogP contribution < -0.4 is 21.1 Å². The number of benzene rings is 1. The van der Waals surface area contributed by atoms with Crippen molar-refractivity contribution in [3.8, 4) is 0 Å². The number of carbonyl (C=O) groups is 2. The van der Waals surface area contributed by atoms with Crippen LogP contribution in [0.2, 0.25) is 0 Å². The van der Waals surface area contributed by atoms with Crippen molar-refractivity contribution in [3.63, 3.8) is 0 Å². The highest BCUT2D eigenvalue weighted by Gasteiger charge is 2.28. The van der Waals surface area contributed by atoms with Crippen LogP contribution in [-0.4, -0.2) is 39.9 Å². The lowest BCUT2D eigenvalue weighted by molar-refractivity contribution is -0.122. The second kappa shape index (κ2) is 8.93. The number of hydrogen-bond acceptors (Lipinski definition) is 5. The third kappa shape index (κ3) is 6.45. The Morgan fingerprint density at radius 3 is 2.64 bits per heavy atom. The van der Waals surface area contributed by atoms with Crippen molar-refractivity contribution < 1.29 is 18.0 Å². The van der Waals surface area contributed by atoms with Crippen molar-refractivity contribution in [1.29, 1.82) is 0 Å². The van der Waals surface area contributed by atoms with Gasteiger partial charge in [-0.3, -0.25) is 9.59 Å². The van der Waals surface area contributed by atoms with Gasteiger partial charge in [0.05, 0.1) is 4.90 Å². The summed E-state index contributed by atoms with van der Waals surface area (Å²) >= 11 is 0. The number of nitrogens with two attached hydrogens (primary N) is 1. The van der Waals surface area contributed by atoms with Crippen LogP contribution in [0, 0.1) is 5.92 Å². The van der Waals surface area contributed by atoms with E-state index in [2.05, 4.69) is 15.4 Å². The van der Waals surface area contributed by atoms with Gasteiger partial charge in [0.1, 0.15) is 0 Å². The maximum atomic E-state index is 12.0. The second-order valence-corrected chi connectivity index (χ2v) is 7.70. The van der Waals surface area contributed by atoms with Crippen LogP contribution in [0.4, 0.5) is 5.69 Å². The van der Waals surface area contributed by atoms with E-state index in [4.69, 9.17) is 5.73 Å². The summed E-state index contributed by atoms with van der Waals surface area (Å²) in [7, 11) is -3.64. The summed E-state index contributed by atoms with van der Waals surface area (Å²) in [5.74, 6) is -0.0140. The molecule has 5 N–H and O–H groups in total. The quantitative estimate of drug-likeness (QED) is 0.437. The van der Waals surface area contributed by atoms with Gasteiger partial charge in [-0.15, -0.1) is 0 Å². The summed E-state index contributed by atoms with van der Waals surface area (Å²) < 4.78 is 26.5. The lowest BCUT2D eigenvalue weighted by Crippen LogP contribution is -2.29. The van der Waals surface area contributed by atoms with E-state index in [9.17, 15) is 18.0 Å². The molecule has 8 nitrogen and oxygen atoms in total. The molecule has 0 unspecified atom stereocenters. The van der Waals surface area contributed by atoms with Crippen molar-refractivity contribution in [2.75, 3.05) is 25.0 Å². The third-order valence-corrected chi connectivity index (χ3v) is 5.15. The Kier molecular flexibility index (Phi) is 6.91. The summed E-state index contributed by atoms with van der Waals surface area (Å²) in [5.41, 5.74) is 5.70. The van der Waals surface area contributed by atoms with E-state index in [1.165, 1.54) is 12.1 Å². The molecule has 138 valence electrons. The molecule has 25 heavy (non-hydrogen) atoms. The molecule has 0 saturated heterocycles. The summed E-state index contributed by atoms with van der Waals surface area (Å²) in [6.45, 7) is 0.804. The van der Waals surface area contributed by atoms with Gasteiger partial charge in [-0.05, 0) is 37.5 Å². The van der Waals surface area contributed by atoms with Crippen LogP contribution in [0.1, 0.15) is 25.7 Å². The Bertz CT molecular complexity index is 717. The molecule has 0 atom stereocenters. The zero-order valence-electron chi connectivity index (χ0n) is 14.0. The largest absolute Gasteiger partial charge is 0.356 e. The van der Waals surface area contributed by atoms with E-state index < -0.39 is 10.0 Å². The van der Waals surface area contributed by atoms with E-state index in [0.717, 1.165) is 12.8 Å². The lowest BCUT2D eigenvalue weighted by Gasteiger charge is -2.09. The Balaban J connectivity index is 1.80. The molecule has 0 bridgehead atoms. The average molecular weight is 368 g/mol. The molecule has 1 aliphatic rings. The fourth-order valence-corrected chi connectivity index (χ4v) is 3.28. The highest BCUT2D eigenvalue weighted by atomic mass is 32.2. The van der Waals surface area contributed by atoms with Gasteiger partial charge in [0, 0.05) is 37.7 Å². The van der Waals surface area contributed by atoms with Crippen LogP contribution in [0.25, 0.3) is 0 Å². The van der Waals surface area contributed by atoms with E-state index >= 15 is 0 Å². The normalized spacial score (nSPS) is 14.1. The molecule has 2 rings (SSSR count). The number of rotatable bonds is 10. The maximum absolute atomic E-state index is 12.0. The zero-order valence-corrected chi connectivity index (χ0v) is 14.8. The van der Waals surface area contributed by atoms with Crippen LogP contribution in [0.5, 0.6) is 0 Å². The molecule has 0 heterocycles. The highest BCUT2D eigenvalue weighted by molar-refractivity contribution is 7.89. The first-order valence-electron chi connectivity index (χ1n) is 8.30. The summed E-state index contributed by atoms with van der Waals surface area (Å²) in [4.78, 5) is 23.5. The molecule has 1 fully saturated rings. The molecule has 0 aliphatic heterocycles. The number of hydrogen-bond donors (Lipinski definition) is 4. The number of amides is 2. The molecular weight excluding hydrogens is 344 g/mol. The number of nitrogens with one attached hydrogen (secondary N) is 3. The van der Waals surface area contributed by atoms with Gasteiger partial charge < -0.3 is 16.4 Å². The second-order valence-electron chi connectivity index (χ2n) is 5.93. The van der Waals surface area contributed by atoms with Crippen LogP contribution in [0.3, 0.4) is 0 Å². The number of sulfonamides is 1. The van der Waals surface area contributed by atoms with Crippen molar-refractivity contribution in [2.45, 2.75) is 30.6 Å². The molecule has 2 amide bonds. The summed E-state index contributed by atoms with van der Waals surface area (Å²) in [6.07, 6.45) is 2.67. The van der Waals surface area contributed by atoms with E-state index in [0.29, 0.717) is 18.7 Å². The fraction of sp³-hybridized carbons (Fsp3) is 0.500. The van der Waals surface area contributed by atoms with Gasteiger partial charge in [-0.2, -0.15) is 0 Å². The van der Waals surface area contributed by atoms with E-state index in [-0.39, 0.29) is 42.1 Å². The summed E-state index contributed by atoms with van der Waals surface area (Å²) in [5, 5.41) is 5.46. The zero-order chi connectivity index (χ0) is 18.3. The molecule has 1 aliphatic carbocycles. The van der Waals surface area contributed by atoms with Gasteiger partial charge in [0.25, 0.3) is 0 Å². The van der Waals surface area contributed by atoms with Gasteiger partial charge in [-0.25, -0.2) is 13.1 Å². The minimum Gasteiger partial charge on any atom is -0.356 e. The smallest absolute Gasteiger partial charge is 0.240 e. The highest BCUT2D eigenvalue weighted by Crippen LogP contribution is 2.28. The maximum Gasteiger partial charge on any atom is 0.240 e. The standard InChI is InChI=1S/C16H24N4O4S/c17-8-10-19-25(23,24)14-4-1-3-13(11-14)20-15(21)5-2-9-18-16(22)12-6-7-12/h1,3-4,11-12,19H,2,5-10,17H2,(H,18,22)(H,20,21). The topological polar surface area (TPSA) is 130 Å². The van der Waals surface area contributed by atoms with Crippen LogP contribution in [-0.2, 0) is 19.6 Å². The molecule has 1 aromatic carbocycles. The fourth-order valence-electron chi connectivity index (χ4n) is 2.19. The van der Waals surface area contributed by atoms with Crippen molar-refractivity contribution in [2.24, 2.45) is 11.7 Å². The number of anilines is 1. The van der Waals surface area contributed by atoms with Gasteiger partial charge in [0.2, 0.25) is 21.8 Å². The molecule has 1 aromatic rings. The first kappa shape index (κ1) is 19.4. The monoisotopic (exact) mass is 368 g/mol. The average Bonchev–Trinajstić information content (AvgIpc) is 3.42. The van der Waals surface area contributed by atoms with Gasteiger partial charge >= 0.3 is 0 Å². The SMILES string of the molecule is NCCNS(=O)(=O)c1cccc(NC(=O)CCCNC(=O)C2CC2)c1. The predicted octanol–water partition coefficient (Wildman–Crippen LogP) is 0.168. The van der Waals surface area contributed by atoms with Crippen molar-refractivity contribution >= 4 is 27.5 Å². The van der Waals surface area contributed by atoms with Crippen LogP contribution in [0.15, 0.2) is 29.2 Å². The first-order valence-corrected chi connectivity index (χ1v) is 9.78. The molecule has 9 heteroatoms. The van der Waals surface area contributed by atoms with Gasteiger partial charge in [0.15, 0.2) is 0 Å². The van der Waals surface area contributed by atoms with E-state index in [1.807, 2.05) is 0 Å². The minimum absolute atomic E-state index is 0.0586. The van der Waals surface area contributed by atoms with Crippen molar-refractivity contribution in [3.05, 3.63) is 24.3 Å². The Morgan fingerprint density at radius 1 is 1.20 bits per heavy atom. The predicted molar refractivity (Wildman–Crippen MR) is 94.3 cm³/mol. The third-order valence-electron chi connectivity index (χ3n) is 3.69. The van der Waals surface area contributed by atoms with Crippen molar-refractivity contribution in [1.82, 2.24) is 10.0 Å². The molecular formula is C16H24N4O4S.